The third kappa shape index (κ3) is 16.0. The van der Waals surface area contributed by atoms with Gasteiger partial charge in [0.2, 0.25) is 17.7 Å². The first-order valence-electron chi connectivity index (χ1n) is 18.4. The Hall–Kier alpha value is -6.45. The summed E-state index contributed by atoms with van der Waals surface area (Å²) in [5.41, 5.74) is 2.26. The zero-order valence-electron chi connectivity index (χ0n) is 33.0. The third-order valence-electron chi connectivity index (χ3n) is 8.47. The summed E-state index contributed by atoms with van der Waals surface area (Å²) in [6.07, 6.45) is 0.699. The number of nitrogens with zero attached hydrogens (tertiary/aromatic N) is 1. The Bertz CT molecular complexity index is 1910. The SMILES string of the molecule is COc1ccc(N/C(=C/[N+](=O)[O-])Nc2ccc(CC(=O)NC(CC(C)C)C(=O)NC(Cc3ccccc3CC(NC(=O)CC(C)(C)C)C(=O)O)C(=O)O)cc2)cc1. The van der Waals surface area contributed by atoms with Gasteiger partial charge in [-0.25, -0.2) is 9.59 Å². The molecule has 3 aromatic carbocycles. The summed E-state index contributed by atoms with van der Waals surface area (Å²) in [5, 5.41) is 45.0. The van der Waals surface area contributed by atoms with Crippen molar-refractivity contribution < 1.29 is 43.8 Å². The zero-order chi connectivity index (χ0) is 42.3. The Labute approximate surface area is 331 Å². The van der Waals surface area contributed by atoms with Gasteiger partial charge in [-0.1, -0.05) is 71.0 Å². The van der Waals surface area contributed by atoms with Crippen LogP contribution in [0.25, 0.3) is 0 Å². The minimum absolute atomic E-state index is 0.0511. The number of benzene rings is 3. The molecule has 0 bridgehead atoms. The molecule has 306 valence electrons. The van der Waals surface area contributed by atoms with Gasteiger partial charge >= 0.3 is 11.9 Å². The van der Waals surface area contributed by atoms with Gasteiger partial charge in [-0.2, -0.15) is 0 Å². The van der Waals surface area contributed by atoms with Gasteiger partial charge in [0.1, 0.15) is 23.9 Å². The van der Waals surface area contributed by atoms with Crippen LogP contribution < -0.4 is 31.3 Å². The molecule has 0 aliphatic rings. The van der Waals surface area contributed by atoms with E-state index in [1.165, 1.54) is 7.11 Å². The lowest BCUT2D eigenvalue weighted by Gasteiger charge is -2.24. The van der Waals surface area contributed by atoms with E-state index in [-0.39, 0.29) is 49.3 Å². The summed E-state index contributed by atoms with van der Waals surface area (Å²) in [6, 6.07) is 16.3. The molecule has 57 heavy (non-hydrogen) atoms. The normalized spacial score (nSPS) is 13.1. The number of hydrogen-bond donors (Lipinski definition) is 7. The van der Waals surface area contributed by atoms with E-state index in [1.807, 2.05) is 34.6 Å². The number of ether oxygens (including phenoxy) is 1. The number of nitrogens with one attached hydrogen (secondary N) is 5. The fourth-order valence-corrected chi connectivity index (χ4v) is 5.82. The van der Waals surface area contributed by atoms with Crippen LogP contribution in [0.15, 0.2) is 84.8 Å². The van der Waals surface area contributed by atoms with E-state index in [0.717, 1.165) is 6.20 Å². The second-order valence-electron chi connectivity index (χ2n) is 15.2. The molecule has 0 aliphatic heterocycles. The van der Waals surface area contributed by atoms with Gasteiger partial charge in [-0.3, -0.25) is 24.5 Å². The van der Waals surface area contributed by atoms with Crippen molar-refractivity contribution >= 4 is 41.0 Å². The van der Waals surface area contributed by atoms with Crippen molar-refractivity contribution in [3.05, 3.63) is 112 Å². The maximum Gasteiger partial charge on any atom is 0.326 e. The molecule has 3 unspecified atom stereocenters. The highest BCUT2D eigenvalue weighted by Crippen LogP contribution is 2.21. The summed E-state index contributed by atoms with van der Waals surface area (Å²) in [6.45, 7) is 9.28. The number of carboxylic acids is 2. The van der Waals surface area contributed by atoms with Crippen molar-refractivity contribution in [1.29, 1.82) is 0 Å². The van der Waals surface area contributed by atoms with Gasteiger partial charge in [0, 0.05) is 30.6 Å². The molecule has 0 aliphatic carbocycles. The molecule has 0 aromatic heterocycles. The predicted octanol–water partition coefficient (Wildman–Crippen LogP) is 4.73. The van der Waals surface area contributed by atoms with Crippen LogP contribution in [0.3, 0.4) is 0 Å². The third-order valence-corrected chi connectivity index (χ3v) is 8.47. The maximum absolute atomic E-state index is 13.6. The largest absolute Gasteiger partial charge is 0.497 e. The van der Waals surface area contributed by atoms with Crippen molar-refractivity contribution in [3.8, 4) is 5.75 Å². The van der Waals surface area contributed by atoms with Crippen LogP contribution >= 0.6 is 0 Å². The number of carboxylic acid groups (broad SMARTS) is 2. The van der Waals surface area contributed by atoms with E-state index < -0.39 is 52.7 Å². The van der Waals surface area contributed by atoms with Gasteiger partial charge in [0.15, 0.2) is 5.82 Å². The van der Waals surface area contributed by atoms with E-state index in [4.69, 9.17) is 4.74 Å². The number of rotatable bonds is 21. The first kappa shape index (κ1) is 44.9. The van der Waals surface area contributed by atoms with Crippen LogP contribution in [0.1, 0.15) is 64.2 Å². The maximum atomic E-state index is 13.6. The molecule has 7 N–H and O–H groups in total. The standard InChI is InChI=1S/C41H52N6O10/c1-25(2)19-32(44-36(48)20-26-11-13-29(14-12-26)42-35(24-47(55)56)43-30-15-17-31(57-6)18-16-30)38(50)46-34(40(53)54)22-28-10-8-7-9-27(28)21-33(39(51)52)45-37(49)23-41(3,4)5/h7-18,24-25,32-34,42-43H,19-23H2,1-6H3,(H,44,48)(H,45,49)(H,46,50)(H,51,52)(H,53,54)/b35-24+. The molecular formula is C41H52N6O10. The smallest absolute Gasteiger partial charge is 0.326 e. The minimum atomic E-state index is -1.42. The number of aliphatic carboxylic acids is 2. The Kier molecular flexibility index (Phi) is 16.6. The molecule has 16 nitrogen and oxygen atoms in total. The molecule has 3 atom stereocenters. The van der Waals surface area contributed by atoms with Crippen molar-refractivity contribution in [1.82, 2.24) is 16.0 Å². The van der Waals surface area contributed by atoms with Crippen LogP contribution in [0, 0.1) is 21.4 Å². The van der Waals surface area contributed by atoms with Crippen LogP contribution in [0.5, 0.6) is 5.75 Å². The van der Waals surface area contributed by atoms with Crippen LogP contribution in [0.2, 0.25) is 0 Å². The van der Waals surface area contributed by atoms with Gasteiger partial charge < -0.3 is 41.5 Å². The number of amides is 3. The summed E-state index contributed by atoms with van der Waals surface area (Å²) in [4.78, 5) is 74.5. The average Bonchev–Trinajstić information content (AvgIpc) is 3.11. The quantitative estimate of drug-likeness (QED) is 0.0573. The Balaban J connectivity index is 1.68. The number of anilines is 2. The Morgan fingerprint density at radius 2 is 1.25 bits per heavy atom. The highest BCUT2D eigenvalue weighted by atomic mass is 16.6. The van der Waals surface area contributed by atoms with Crippen molar-refractivity contribution in [2.45, 2.75) is 84.8 Å². The lowest BCUT2D eigenvalue weighted by molar-refractivity contribution is -0.403. The molecule has 3 aromatic rings. The van der Waals surface area contributed by atoms with E-state index >= 15 is 0 Å². The first-order valence-corrected chi connectivity index (χ1v) is 18.4. The second-order valence-corrected chi connectivity index (χ2v) is 15.2. The Morgan fingerprint density at radius 1 is 0.754 bits per heavy atom. The van der Waals surface area contributed by atoms with Crippen LogP contribution in [0.4, 0.5) is 11.4 Å². The van der Waals surface area contributed by atoms with Crippen LogP contribution in [-0.4, -0.2) is 70.0 Å². The number of nitro groups is 1. The van der Waals surface area contributed by atoms with Gasteiger partial charge in [0.25, 0.3) is 6.20 Å². The van der Waals surface area contributed by atoms with E-state index in [1.54, 1.807) is 72.8 Å². The predicted molar refractivity (Wildman–Crippen MR) is 214 cm³/mol. The fourth-order valence-electron chi connectivity index (χ4n) is 5.82. The molecule has 0 heterocycles. The van der Waals surface area contributed by atoms with Gasteiger partial charge in [0.05, 0.1) is 18.5 Å². The first-order chi connectivity index (χ1) is 26.8. The zero-order valence-corrected chi connectivity index (χ0v) is 33.0. The number of carbonyl (C=O) groups is 5. The summed E-state index contributed by atoms with van der Waals surface area (Å²) in [5.74, 6) is -3.53. The molecule has 3 rings (SSSR count). The molecule has 0 saturated carbocycles. The van der Waals surface area contributed by atoms with Gasteiger partial charge in [-0.05, 0) is 70.8 Å². The number of hydrogen-bond acceptors (Lipinski definition) is 10. The molecule has 0 saturated heterocycles. The second kappa shape index (κ2) is 21.0. The average molecular weight is 789 g/mol. The number of methoxy groups -OCH3 is 1. The van der Waals surface area contributed by atoms with Crippen molar-refractivity contribution in [3.63, 3.8) is 0 Å². The topological polar surface area (TPSA) is 238 Å². The molecular weight excluding hydrogens is 736 g/mol. The van der Waals surface area contributed by atoms with Crippen molar-refractivity contribution in [2.75, 3.05) is 17.7 Å². The fraction of sp³-hybridized carbons (Fsp3) is 0.390. The molecule has 0 fully saturated rings. The number of carbonyl (C=O) groups excluding carboxylic acids is 3. The molecule has 16 heteroatoms. The summed E-state index contributed by atoms with van der Waals surface area (Å²) >= 11 is 0. The minimum Gasteiger partial charge on any atom is -0.497 e. The van der Waals surface area contributed by atoms with Crippen molar-refractivity contribution in [2.24, 2.45) is 11.3 Å². The molecule has 0 radical (unpaired) electrons. The Morgan fingerprint density at radius 3 is 1.70 bits per heavy atom. The van der Waals surface area contributed by atoms with E-state index in [2.05, 4.69) is 26.6 Å². The van der Waals surface area contributed by atoms with E-state index in [9.17, 15) is 44.3 Å². The molecule has 3 amide bonds. The summed E-state index contributed by atoms with van der Waals surface area (Å²) < 4.78 is 5.14. The van der Waals surface area contributed by atoms with Crippen LogP contribution in [-0.2, 0) is 43.2 Å². The monoisotopic (exact) mass is 788 g/mol. The lowest BCUT2D eigenvalue weighted by atomic mass is 9.91. The lowest BCUT2D eigenvalue weighted by Crippen LogP contribution is -2.53. The molecule has 0 spiro atoms. The van der Waals surface area contributed by atoms with Gasteiger partial charge in [-0.15, -0.1) is 0 Å². The highest BCUT2D eigenvalue weighted by molar-refractivity contribution is 5.91. The highest BCUT2D eigenvalue weighted by Gasteiger charge is 2.29. The van der Waals surface area contributed by atoms with E-state index in [0.29, 0.717) is 33.8 Å². The summed E-state index contributed by atoms with van der Waals surface area (Å²) in [7, 11) is 1.53.